The van der Waals surface area contributed by atoms with Gasteiger partial charge in [0.15, 0.2) is 0 Å². The molecule has 3 aromatic heterocycles. The van der Waals surface area contributed by atoms with E-state index < -0.39 is 0 Å². The zero-order valence-electron chi connectivity index (χ0n) is 20.0. The summed E-state index contributed by atoms with van der Waals surface area (Å²) >= 11 is 3.05. The number of fused-ring (bicyclic) bond motifs is 2. The summed E-state index contributed by atoms with van der Waals surface area (Å²) in [6.45, 7) is 6.08. The van der Waals surface area contributed by atoms with E-state index >= 15 is 0 Å². The summed E-state index contributed by atoms with van der Waals surface area (Å²) in [7, 11) is 1.82. The molecule has 6 rings (SSSR count). The van der Waals surface area contributed by atoms with Crippen molar-refractivity contribution in [3.05, 3.63) is 79.2 Å². The molecule has 1 aliphatic heterocycles. The SMILES string of the molecule is Cc1cc2c(cc1Cn1c(=O)n(Cc3cnn(C)c3)c(=O)c3cc(SNC4(C)CC4)sc31)COC2. The van der Waals surface area contributed by atoms with E-state index in [0.29, 0.717) is 30.0 Å². The molecule has 1 aromatic carbocycles. The van der Waals surface area contributed by atoms with Gasteiger partial charge in [-0.05, 0) is 67.0 Å². The second-order valence-corrected chi connectivity index (χ2v) is 12.0. The number of aromatic nitrogens is 4. The molecule has 2 aliphatic rings. The van der Waals surface area contributed by atoms with Crippen molar-refractivity contribution in [2.24, 2.45) is 7.05 Å². The predicted octanol–water partition coefficient (Wildman–Crippen LogP) is 3.54. The second-order valence-electron chi connectivity index (χ2n) is 9.87. The number of ether oxygens (including phenoxy) is 1. The molecule has 0 bridgehead atoms. The Morgan fingerprint density at radius 1 is 1.14 bits per heavy atom. The number of nitrogens with one attached hydrogen (secondary N) is 1. The van der Waals surface area contributed by atoms with Crippen molar-refractivity contribution in [1.29, 1.82) is 0 Å². The Kier molecular flexibility index (Phi) is 5.52. The summed E-state index contributed by atoms with van der Waals surface area (Å²) in [4.78, 5) is 28.0. The van der Waals surface area contributed by atoms with Gasteiger partial charge in [0.05, 0.1) is 42.1 Å². The average Bonchev–Trinajstić information content (AvgIpc) is 3.19. The molecule has 4 aromatic rings. The first kappa shape index (κ1) is 22.8. The molecule has 1 aliphatic carbocycles. The monoisotopic (exact) mass is 509 g/mol. The maximum absolute atomic E-state index is 13.8. The van der Waals surface area contributed by atoms with Crippen molar-refractivity contribution in [3.63, 3.8) is 0 Å². The van der Waals surface area contributed by atoms with Crippen LogP contribution in [0.25, 0.3) is 10.2 Å². The van der Waals surface area contributed by atoms with E-state index in [1.807, 2.05) is 19.3 Å². The number of aryl methyl sites for hydroxylation is 2. The summed E-state index contributed by atoms with van der Waals surface area (Å²) in [5, 5.41) is 4.77. The first-order chi connectivity index (χ1) is 16.8. The van der Waals surface area contributed by atoms with Crippen LogP contribution in [0, 0.1) is 6.92 Å². The molecule has 1 saturated carbocycles. The van der Waals surface area contributed by atoms with Gasteiger partial charge in [0.2, 0.25) is 0 Å². The van der Waals surface area contributed by atoms with E-state index in [9.17, 15) is 9.59 Å². The average molecular weight is 510 g/mol. The van der Waals surface area contributed by atoms with E-state index in [2.05, 4.69) is 35.8 Å². The Hall–Kier alpha value is -2.66. The highest BCUT2D eigenvalue weighted by atomic mass is 32.2. The second kappa shape index (κ2) is 8.48. The van der Waals surface area contributed by atoms with Crippen molar-refractivity contribution in [2.45, 2.75) is 62.7 Å². The van der Waals surface area contributed by atoms with Crippen molar-refractivity contribution in [1.82, 2.24) is 23.6 Å². The minimum absolute atomic E-state index is 0.157. The van der Waals surface area contributed by atoms with Crippen molar-refractivity contribution in [2.75, 3.05) is 0 Å². The molecule has 0 atom stereocenters. The highest BCUT2D eigenvalue weighted by Crippen LogP contribution is 2.39. The number of thiophene rings is 1. The van der Waals surface area contributed by atoms with Gasteiger partial charge in [-0.3, -0.25) is 23.3 Å². The molecular formula is C25H27N5O3S2. The zero-order chi connectivity index (χ0) is 24.3. The molecule has 0 saturated heterocycles. The first-order valence-corrected chi connectivity index (χ1v) is 13.3. The summed E-state index contributed by atoms with van der Waals surface area (Å²) in [5.41, 5.74) is 4.97. The van der Waals surface area contributed by atoms with Gasteiger partial charge >= 0.3 is 5.69 Å². The maximum atomic E-state index is 13.8. The standard InChI is InChI=1S/C25H27N5O3S2/c1-15-6-18-13-33-14-19(18)7-17(15)12-30-23-20(8-21(34-23)35-27-25(2)4-5-25)22(31)29(24(30)32)11-16-9-26-28(3)10-16/h6-10,27H,4-5,11-14H2,1-3H3. The number of hydrogen-bond acceptors (Lipinski definition) is 7. The molecule has 182 valence electrons. The highest BCUT2D eigenvalue weighted by Gasteiger charge is 2.37. The van der Waals surface area contributed by atoms with E-state index in [-0.39, 0.29) is 23.3 Å². The summed E-state index contributed by atoms with van der Waals surface area (Å²) in [6.07, 6.45) is 5.82. The zero-order valence-corrected chi connectivity index (χ0v) is 21.6. The van der Waals surface area contributed by atoms with Crippen molar-refractivity contribution >= 4 is 33.5 Å². The molecule has 8 nitrogen and oxygen atoms in total. The van der Waals surface area contributed by atoms with Crippen LogP contribution in [0.1, 0.15) is 47.6 Å². The number of rotatable bonds is 7. The van der Waals surface area contributed by atoms with E-state index in [1.165, 1.54) is 27.0 Å². The normalized spacial score (nSPS) is 16.2. The Morgan fingerprint density at radius 2 is 1.91 bits per heavy atom. The third-order valence-electron chi connectivity index (χ3n) is 6.87. The fraction of sp³-hybridized carbons (Fsp3) is 0.400. The lowest BCUT2D eigenvalue weighted by Crippen LogP contribution is -2.40. The fourth-order valence-electron chi connectivity index (χ4n) is 4.45. The van der Waals surface area contributed by atoms with Gasteiger partial charge < -0.3 is 4.74 Å². The molecule has 35 heavy (non-hydrogen) atoms. The van der Waals surface area contributed by atoms with Crippen LogP contribution in [-0.4, -0.2) is 24.5 Å². The third kappa shape index (κ3) is 4.29. The van der Waals surface area contributed by atoms with Crippen molar-refractivity contribution in [3.8, 4) is 0 Å². The van der Waals surface area contributed by atoms with Crippen LogP contribution in [0.5, 0.6) is 0 Å². The van der Waals surface area contributed by atoms with Gasteiger partial charge in [0.25, 0.3) is 5.56 Å². The Labute approximate surface area is 210 Å². The van der Waals surface area contributed by atoms with Gasteiger partial charge in [-0.2, -0.15) is 5.10 Å². The molecule has 1 N–H and O–H groups in total. The van der Waals surface area contributed by atoms with Crippen LogP contribution >= 0.6 is 23.3 Å². The van der Waals surface area contributed by atoms with Gasteiger partial charge in [-0.1, -0.05) is 12.1 Å². The lowest BCUT2D eigenvalue weighted by Gasteiger charge is -2.14. The largest absolute Gasteiger partial charge is 0.372 e. The lowest BCUT2D eigenvalue weighted by molar-refractivity contribution is 0.134. The van der Waals surface area contributed by atoms with Crippen LogP contribution in [0.4, 0.5) is 0 Å². The molecule has 4 heterocycles. The Bertz CT molecular complexity index is 1570. The Balaban J connectivity index is 1.47. The quantitative estimate of drug-likeness (QED) is 0.384. The minimum Gasteiger partial charge on any atom is -0.372 e. The fourth-order valence-corrected chi connectivity index (χ4v) is 6.58. The van der Waals surface area contributed by atoms with Gasteiger partial charge in [0.1, 0.15) is 4.83 Å². The smallest absolute Gasteiger partial charge is 0.332 e. The Morgan fingerprint density at radius 3 is 2.63 bits per heavy atom. The van der Waals surface area contributed by atoms with Crippen molar-refractivity contribution < 1.29 is 4.74 Å². The molecule has 0 spiro atoms. The lowest BCUT2D eigenvalue weighted by atomic mass is 10.0. The van der Waals surface area contributed by atoms with Gasteiger partial charge in [-0.25, -0.2) is 4.79 Å². The topological polar surface area (TPSA) is 83.1 Å². The summed E-state index contributed by atoms with van der Waals surface area (Å²) < 4.78 is 14.9. The number of benzene rings is 1. The molecule has 10 heteroatoms. The first-order valence-electron chi connectivity index (χ1n) is 11.7. The van der Waals surface area contributed by atoms with Crippen LogP contribution in [0.3, 0.4) is 0 Å². The van der Waals surface area contributed by atoms with Crippen LogP contribution in [0.15, 0.2) is 44.4 Å². The predicted molar refractivity (Wildman–Crippen MR) is 138 cm³/mol. The van der Waals surface area contributed by atoms with Gasteiger partial charge in [-0.15, -0.1) is 11.3 Å². The number of hydrogen-bond donors (Lipinski definition) is 1. The maximum Gasteiger partial charge on any atom is 0.332 e. The van der Waals surface area contributed by atoms with E-state index in [0.717, 1.165) is 33.7 Å². The van der Waals surface area contributed by atoms with E-state index in [1.54, 1.807) is 27.4 Å². The van der Waals surface area contributed by atoms with Crippen LogP contribution in [0.2, 0.25) is 0 Å². The molecule has 0 amide bonds. The van der Waals surface area contributed by atoms with E-state index in [4.69, 9.17) is 4.74 Å². The van der Waals surface area contributed by atoms with Gasteiger partial charge in [0, 0.05) is 24.3 Å². The van der Waals surface area contributed by atoms with Crippen LogP contribution in [-0.2, 0) is 38.1 Å². The van der Waals surface area contributed by atoms with Crippen LogP contribution < -0.4 is 16.0 Å². The molecule has 0 radical (unpaired) electrons. The summed E-state index contributed by atoms with van der Waals surface area (Å²) in [6, 6.07) is 6.22. The summed E-state index contributed by atoms with van der Waals surface area (Å²) in [5.74, 6) is 0. The molecular weight excluding hydrogens is 482 g/mol. The molecule has 1 fully saturated rings. The minimum atomic E-state index is -0.303. The third-order valence-corrected chi connectivity index (χ3v) is 9.24. The molecule has 0 unspecified atom stereocenters. The highest BCUT2D eigenvalue weighted by molar-refractivity contribution is 7.99. The number of nitrogens with zero attached hydrogens (tertiary/aromatic N) is 4.